The molecule has 0 aliphatic carbocycles. The third-order valence-electron chi connectivity index (χ3n) is 4.85. The lowest BCUT2D eigenvalue weighted by molar-refractivity contribution is -0.131. The molecule has 4 rings (SSSR count). The van der Waals surface area contributed by atoms with Gasteiger partial charge in [-0.15, -0.1) is 0 Å². The summed E-state index contributed by atoms with van der Waals surface area (Å²) in [5.74, 6) is -0.599. The molecule has 1 saturated heterocycles. The third-order valence-corrected chi connectivity index (χ3v) is 5.14. The maximum Gasteiger partial charge on any atom is 0.328 e. The molecule has 1 aliphatic rings. The van der Waals surface area contributed by atoms with E-state index in [0.717, 1.165) is 29.2 Å². The molecule has 0 amide bonds. The number of ether oxygens (including phenoxy) is 1. The summed E-state index contributed by atoms with van der Waals surface area (Å²) in [5, 5.41) is 15.3. The quantitative estimate of drug-likeness (QED) is 0.433. The van der Waals surface area contributed by atoms with E-state index in [1.165, 1.54) is 18.2 Å². The number of carboxylic acids is 1. The molecule has 0 spiro atoms. The second kappa shape index (κ2) is 9.76. The average molecular weight is 455 g/mol. The van der Waals surface area contributed by atoms with Crippen molar-refractivity contribution in [3.8, 4) is 11.1 Å². The van der Waals surface area contributed by atoms with Gasteiger partial charge in [-0.05, 0) is 47.9 Å². The fourth-order valence-electron chi connectivity index (χ4n) is 3.29. The molecule has 0 radical (unpaired) electrons. The molecule has 0 bridgehead atoms. The van der Waals surface area contributed by atoms with Crippen LogP contribution in [0.5, 0.6) is 0 Å². The number of halogens is 2. The van der Waals surface area contributed by atoms with Gasteiger partial charge in [0.1, 0.15) is 11.6 Å². The van der Waals surface area contributed by atoms with Crippen LogP contribution in [0.2, 0.25) is 5.02 Å². The van der Waals surface area contributed by atoms with Crippen molar-refractivity contribution >= 4 is 41.1 Å². The molecule has 3 N–H and O–H groups in total. The van der Waals surface area contributed by atoms with Gasteiger partial charge in [0, 0.05) is 30.1 Å². The molecule has 2 aromatic carbocycles. The molecular formula is C23H20ClFN4O3. The van der Waals surface area contributed by atoms with Crippen LogP contribution >= 0.6 is 11.6 Å². The van der Waals surface area contributed by atoms with Crippen molar-refractivity contribution in [1.29, 1.82) is 0 Å². The fraction of sp³-hybridized carbons (Fsp3) is 0.174. The summed E-state index contributed by atoms with van der Waals surface area (Å²) >= 11 is 5.87. The van der Waals surface area contributed by atoms with Crippen LogP contribution in [-0.2, 0) is 9.53 Å². The highest BCUT2D eigenvalue weighted by atomic mass is 35.5. The minimum absolute atomic E-state index is 0.000645. The highest BCUT2D eigenvalue weighted by molar-refractivity contribution is 6.31. The Morgan fingerprint density at radius 3 is 2.91 bits per heavy atom. The van der Waals surface area contributed by atoms with Crippen LogP contribution in [0.4, 0.5) is 21.8 Å². The van der Waals surface area contributed by atoms with Gasteiger partial charge in [-0.1, -0.05) is 29.8 Å². The number of carboxylic acid groups (broad SMARTS) is 1. The largest absolute Gasteiger partial charge is 0.478 e. The van der Waals surface area contributed by atoms with Crippen LogP contribution in [0.1, 0.15) is 12.0 Å². The van der Waals surface area contributed by atoms with E-state index in [-0.39, 0.29) is 11.1 Å². The van der Waals surface area contributed by atoms with E-state index in [1.54, 1.807) is 12.3 Å². The topological polar surface area (TPSA) is 96.4 Å². The van der Waals surface area contributed by atoms with Gasteiger partial charge in [-0.3, -0.25) is 0 Å². The highest BCUT2D eigenvalue weighted by Gasteiger charge is 2.19. The summed E-state index contributed by atoms with van der Waals surface area (Å²) < 4.78 is 18.9. The molecule has 1 unspecified atom stereocenters. The van der Waals surface area contributed by atoms with Crippen LogP contribution in [0.25, 0.3) is 17.2 Å². The van der Waals surface area contributed by atoms with E-state index in [2.05, 4.69) is 20.6 Å². The molecular weight excluding hydrogens is 435 g/mol. The number of nitrogens with one attached hydrogen (secondary N) is 2. The predicted molar refractivity (Wildman–Crippen MR) is 122 cm³/mol. The molecule has 1 atom stereocenters. The standard InChI is InChI=1S/C23H20ClFN4O3/c24-19-11-16(5-6-20(19)25)28-23-26-12-18(22(29-23)27-17-8-9-32-13-17)15-3-1-2-14(10-15)4-7-21(30)31/h1-7,10-12,17H,8-9,13H2,(H,30,31)(H2,26,27,28,29). The van der Waals surface area contributed by atoms with Crippen molar-refractivity contribution in [2.75, 3.05) is 23.8 Å². The van der Waals surface area contributed by atoms with Crippen LogP contribution < -0.4 is 10.6 Å². The maximum atomic E-state index is 13.5. The molecule has 9 heteroatoms. The minimum atomic E-state index is -1.02. The molecule has 0 saturated carbocycles. The van der Waals surface area contributed by atoms with E-state index in [9.17, 15) is 9.18 Å². The van der Waals surface area contributed by atoms with Gasteiger partial charge >= 0.3 is 5.97 Å². The molecule has 164 valence electrons. The summed E-state index contributed by atoms with van der Waals surface area (Å²) in [7, 11) is 0. The lowest BCUT2D eigenvalue weighted by Gasteiger charge is -2.17. The zero-order valence-electron chi connectivity index (χ0n) is 16.9. The molecule has 2 heterocycles. The Morgan fingerprint density at radius 2 is 2.16 bits per heavy atom. The Morgan fingerprint density at radius 1 is 1.28 bits per heavy atom. The Hall–Kier alpha value is -3.49. The summed E-state index contributed by atoms with van der Waals surface area (Å²) in [6.45, 7) is 1.24. The first kappa shape index (κ1) is 21.7. The van der Waals surface area contributed by atoms with Gasteiger partial charge in [0.25, 0.3) is 0 Å². The number of hydrogen-bond donors (Lipinski definition) is 3. The van der Waals surface area contributed by atoms with Gasteiger partial charge in [-0.25, -0.2) is 14.2 Å². The van der Waals surface area contributed by atoms with Crippen molar-refractivity contribution in [3.05, 3.63) is 71.1 Å². The summed E-state index contributed by atoms with van der Waals surface area (Å²) in [6, 6.07) is 11.8. The minimum Gasteiger partial charge on any atom is -0.478 e. The predicted octanol–water partition coefficient (Wildman–Crippen LogP) is 4.98. The van der Waals surface area contributed by atoms with Gasteiger partial charge in [0.2, 0.25) is 5.95 Å². The number of rotatable bonds is 7. The first-order chi connectivity index (χ1) is 15.5. The fourth-order valence-corrected chi connectivity index (χ4v) is 3.47. The summed E-state index contributed by atoms with van der Waals surface area (Å²) in [4.78, 5) is 19.9. The van der Waals surface area contributed by atoms with Crippen LogP contribution in [0, 0.1) is 5.82 Å². The van der Waals surface area contributed by atoms with E-state index in [1.807, 2.05) is 24.3 Å². The lowest BCUT2D eigenvalue weighted by atomic mass is 10.0. The number of hydrogen-bond acceptors (Lipinski definition) is 6. The Balaban J connectivity index is 1.67. The van der Waals surface area contributed by atoms with Crippen molar-refractivity contribution in [2.24, 2.45) is 0 Å². The molecule has 1 fully saturated rings. The van der Waals surface area contributed by atoms with Crippen LogP contribution in [0.15, 0.2) is 54.7 Å². The second-order valence-corrected chi connectivity index (χ2v) is 7.62. The Labute approximate surface area is 188 Å². The highest BCUT2D eigenvalue weighted by Crippen LogP contribution is 2.30. The SMILES string of the molecule is O=C(O)C=Cc1cccc(-c2cnc(Nc3ccc(F)c(Cl)c3)nc2NC2CCOC2)c1. The molecule has 1 aromatic heterocycles. The van der Waals surface area contributed by atoms with Gasteiger partial charge in [-0.2, -0.15) is 4.98 Å². The summed E-state index contributed by atoms with van der Waals surface area (Å²) in [6.07, 6.45) is 5.14. The zero-order chi connectivity index (χ0) is 22.5. The first-order valence-electron chi connectivity index (χ1n) is 9.93. The normalized spacial score (nSPS) is 15.8. The molecule has 1 aliphatic heterocycles. The van der Waals surface area contributed by atoms with Crippen molar-refractivity contribution in [1.82, 2.24) is 9.97 Å². The van der Waals surface area contributed by atoms with E-state index >= 15 is 0 Å². The van der Waals surface area contributed by atoms with Crippen molar-refractivity contribution in [3.63, 3.8) is 0 Å². The van der Waals surface area contributed by atoms with E-state index in [4.69, 9.17) is 21.4 Å². The maximum absolute atomic E-state index is 13.5. The van der Waals surface area contributed by atoms with Gasteiger partial charge < -0.3 is 20.5 Å². The zero-order valence-corrected chi connectivity index (χ0v) is 17.6. The van der Waals surface area contributed by atoms with E-state index in [0.29, 0.717) is 30.7 Å². The number of benzene rings is 2. The summed E-state index contributed by atoms with van der Waals surface area (Å²) in [5.41, 5.74) is 2.88. The monoisotopic (exact) mass is 454 g/mol. The van der Waals surface area contributed by atoms with Crippen LogP contribution in [-0.4, -0.2) is 40.3 Å². The van der Waals surface area contributed by atoms with Gasteiger partial charge in [0.05, 0.1) is 17.7 Å². The van der Waals surface area contributed by atoms with Gasteiger partial charge in [0.15, 0.2) is 0 Å². The smallest absolute Gasteiger partial charge is 0.328 e. The molecule has 7 nitrogen and oxygen atoms in total. The molecule has 32 heavy (non-hydrogen) atoms. The number of aliphatic carboxylic acids is 1. The van der Waals surface area contributed by atoms with Crippen molar-refractivity contribution in [2.45, 2.75) is 12.5 Å². The average Bonchev–Trinajstić information content (AvgIpc) is 3.28. The molecule has 3 aromatic rings. The lowest BCUT2D eigenvalue weighted by Crippen LogP contribution is -2.20. The first-order valence-corrected chi connectivity index (χ1v) is 10.3. The third kappa shape index (κ3) is 5.40. The Bertz CT molecular complexity index is 1170. The van der Waals surface area contributed by atoms with Crippen LogP contribution in [0.3, 0.4) is 0 Å². The second-order valence-electron chi connectivity index (χ2n) is 7.21. The number of nitrogens with zero attached hydrogens (tertiary/aromatic N) is 2. The number of carbonyl (C=O) groups is 1. The number of anilines is 3. The van der Waals surface area contributed by atoms with E-state index < -0.39 is 11.8 Å². The van der Waals surface area contributed by atoms with Crippen molar-refractivity contribution < 1.29 is 19.0 Å². The Kier molecular flexibility index (Phi) is 6.63. The number of aromatic nitrogens is 2.